The zero-order chi connectivity index (χ0) is 13.2. The Morgan fingerprint density at radius 2 is 2.00 bits per heavy atom. The van der Waals surface area contributed by atoms with E-state index in [1.54, 1.807) is 0 Å². The number of amides is 1. The third kappa shape index (κ3) is 2.87. The number of nitrogens with zero attached hydrogens (tertiary/aromatic N) is 1. The molecule has 5 heteroatoms. The Kier molecular flexibility index (Phi) is 3.38. The SMILES string of the molecule is O=C(NC1CCN(C2CC2)CC1)c1c[nH]ccc1=O. The van der Waals surface area contributed by atoms with E-state index in [0.29, 0.717) is 0 Å². The molecular formula is C14H19N3O2. The minimum Gasteiger partial charge on any atom is -0.367 e. The molecule has 5 nitrogen and oxygen atoms in total. The minimum absolute atomic E-state index is 0.196. The fourth-order valence-corrected chi connectivity index (χ4v) is 2.71. The highest BCUT2D eigenvalue weighted by Gasteiger charge is 2.32. The highest BCUT2D eigenvalue weighted by Crippen LogP contribution is 2.29. The van der Waals surface area contributed by atoms with Crippen LogP contribution in [0.5, 0.6) is 0 Å². The fraction of sp³-hybridized carbons (Fsp3) is 0.571. The number of aromatic nitrogens is 1. The molecule has 3 rings (SSSR count). The van der Waals surface area contributed by atoms with Gasteiger partial charge in [-0.1, -0.05) is 0 Å². The van der Waals surface area contributed by atoms with Gasteiger partial charge in [0.1, 0.15) is 5.56 Å². The molecule has 1 aliphatic heterocycles. The maximum absolute atomic E-state index is 12.0. The summed E-state index contributed by atoms with van der Waals surface area (Å²) in [5.41, 5.74) is -0.0289. The number of aromatic amines is 1. The van der Waals surface area contributed by atoms with Crippen LogP contribution in [-0.2, 0) is 0 Å². The lowest BCUT2D eigenvalue weighted by Gasteiger charge is -2.32. The molecule has 19 heavy (non-hydrogen) atoms. The van der Waals surface area contributed by atoms with E-state index in [1.807, 2.05) is 0 Å². The van der Waals surface area contributed by atoms with Crippen molar-refractivity contribution in [1.82, 2.24) is 15.2 Å². The van der Waals surface area contributed by atoms with Crippen molar-refractivity contribution in [2.45, 2.75) is 37.8 Å². The quantitative estimate of drug-likeness (QED) is 0.843. The summed E-state index contributed by atoms with van der Waals surface area (Å²) in [4.78, 5) is 28.9. The predicted molar refractivity (Wildman–Crippen MR) is 72.1 cm³/mol. The summed E-state index contributed by atoms with van der Waals surface area (Å²) in [6.07, 6.45) is 7.62. The van der Waals surface area contributed by atoms with Gasteiger partial charge >= 0.3 is 0 Å². The van der Waals surface area contributed by atoms with E-state index in [-0.39, 0.29) is 22.9 Å². The molecule has 0 unspecified atom stereocenters. The summed E-state index contributed by atoms with van der Waals surface area (Å²) in [6.45, 7) is 2.11. The van der Waals surface area contributed by atoms with E-state index in [1.165, 1.54) is 31.3 Å². The number of hydrogen-bond donors (Lipinski definition) is 2. The van der Waals surface area contributed by atoms with Gasteiger partial charge in [0.05, 0.1) is 0 Å². The van der Waals surface area contributed by atoms with Crippen molar-refractivity contribution in [3.8, 4) is 0 Å². The first-order valence-electron chi connectivity index (χ1n) is 6.96. The van der Waals surface area contributed by atoms with E-state index < -0.39 is 0 Å². The number of likely N-dealkylation sites (tertiary alicyclic amines) is 1. The molecule has 2 aliphatic rings. The lowest BCUT2D eigenvalue weighted by Crippen LogP contribution is -2.46. The van der Waals surface area contributed by atoms with E-state index >= 15 is 0 Å². The summed E-state index contributed by atoms with van der Waals surface area (Å²) in [6, 6.07) is 2.38. The number of H-pyrrole nitrogens is 1. The maximum atomic E-state index is 12.0. The van der Waals surface area contributed by atoms with Crippen molar-refractivity contribution in [2.75, 3.05) is 13.1 Å². The Bertz CT molecular complexity index is 513. The minimum atomic E-state index is -0.258. The standard InChI is InChI=1S/C14H19N3O2/c18-13-3-6-15-9-12(13)14(19)16-10-4-7-17(8-5-10)11-1-2-11/h3,6,9-11H,1-2,4-5,7-8H2,(H,15,18)(H,16,19). The number of rotatable bonds is 3. The molecule has 1 aliphatic carbocycles. The largest absolute Gasteiger partial charge is 0.367 e. The number of piperidine rings is 1. The van der Waals surface area contributed by atoms with Crippen molar-refractivity contribution in [3.63, 3.8) is 0 Å². The smallest absolute Gasteiger partial charge is 0.256 e. The van der Waals surface area contributed by atoms with Gasteiger partial charge in [0, 0.05) is 43.6 Å². The molecule has 1 saturated carbocycles. The van der Waals surface area contributed by atoms with Crippen LogP contribution in [0.2, 0.25) is 0 Å². The third-order valence-corrected chi connectivity index (χ3v) is 4.00. The average Bonchev–Trinajstić information content (AvgIpc) is 3.24. The van der Waals surface area contributed by atoms with Crippen LogP contribution < -0.4 is 10.7 Å². The van der Waals surface area contributed by atoms with Crippen LogP contribution in [0.15, 0.2) is 23.3 Å². The van der Waals surface area contributed by atoms with Crippen molar-refractivity contribution >= 4 is 5.91 Å². The molecule has 1 aromatic heterocycles. The molecule has 2 fully saturated rings. The predicted octanol–water partition coefficient (Wildman–Crippen LogP) is 0.731. The molecule has 2 N–H and O–H groups in total. The molecule has 2 heterocycles. The van der Waals surface area contributed by atoms with Gasteiger partial charge in [0.25, 0.3) is 5.91 Å². The highest BCUT2D eigenvalue weighted by molar-refractivity contribution is 5.93. The molecule has 1 saturated heterocycles. The lowest BCUT2D eigenvalue weighted by atomic mass is 10.0. The van der Waals surface area contributed by atoms with Crippen LogP contribution in [0.25, 0.3) is 0 Å². The topological polar surface area (TPSA) is 65.2 Å². The molecule has 0 spiro atoms. The van der Waals surface area contributed by atoms with Gasteiger partial charge in [-0.15, -0.1) is 0 Å². The van der Waals surface area contributed by atoms with Gasteiger partial charge in [-0.2, -0.15) is 0 Å². The van der Waals surface area contributed by atoms with Crippen molar-refractivity contribution in [2.24, 2.45) is 0 Å². The van der Waals surface area contributed by atoms with Crippen molar-refractivity contribution in [1.29, 1.82) is 0 Å². The van der Waals surface area contributed by atoms with Gasteiger partial charge in [-0.25, -0.2) is 0 Å². The maximum Gasteiger partial charge on any atom is 0.256 e. The summed E-state index contributed by atoms with van der Waals surface area (Å²) >= 11 is 0. The van der Waals surface area contributed by atoms with Crippen LogP contribution >= 0.6 is 0 Å². The number of nitrogens with one attached hydrogen (secondary N) is 2. The first-order valence-corrected chi connectivity index (χ1v) is 6.96. The number of carbonyl (C=O) groups is 1. The van der Waals surface area contributed by atoms with Crippen LogP contribution in [0.4, 0.5) is 0 Å². The van der Waals surface area contributed by atoms with Gasteiger partial charge in [0.15, 0.2) is 5.43 Å². The lowest BCUT2D eigenvalue weighted by molar-refractivity contribution is 0.0907. The van der Waals surface area contributed by atoms with Gasteiger partial charge in [-0.05, 0) is 25.7 Å². The molecule has 0 aromatic carbocycles. The molecule has 0 radical (unpaired) electrons. The second kappa shape index (κ2) is 5.17. The summed E-state index contributed by atoms with van der Waals surface area (Å²) in [5.74, 6) is -0.258. The summed E-state index contributed by atoms with van der Waals surface area (Å²) in [7, 11) is 0. The second-order valence-electron chi connectivity index (χ2n) is 5.44. The van der Waals surface area contributed by atoms with Gasteiger partial charge < -0.3 is 15.2 Å². The zero-order valence-corrected chi connectivity index (χ0v) is 10.9. The summed E-state index contributed by atoms with van der Waals surface area (Å²) < 4.78 is 0. The Morgan fingerprint density at radius 1 is 1.26 bits per heavy atom. The molecule has 0 atom stereocenters. The van der Waals surface area contributed by atoms with Crippen LogP contribution in [0, 0.1) is 0 Å². The molecule has 0 bridgehead atoms. The normalized spacial score (nSPS) is 21.3. The number of carbonyl (C=O) groups excluding carboxylic acids is 1. The zero-order valence-electron chi connectivity index (χ0n) is 10.9. The van der Waals surface area contributed by atoms with Crippen molar-refractivity contribution < 1.29 is 4.79 Å². The first-order chi connectivity index (χ1) is 9.24. The molecule has 1 amide bonds. The van der Waals surface area contributed by atoms with Gasteiger partial charge in [0.2, 0.25) is 0 Å². The molecule has 102 valence electrons. The summed E-state index contributed by atoms with van der Waals surface area (Å²) in [5, 5.41) is 2.97. The van der Waals surface area contributed by atoms with Crippen LogP contribution in [-0.4, -0.2) is 41.0 Å². The monoisotopic (exact) mass is 261 g/mol. The van der Waals surface area contributed by atoms with Crippen LogP contribution in [0.1, 0.15) is 36.0 Å². The van der Waals surface area contributed by atoms with E-state index in [9.17, 15) is 9.59 Å². The third-order valence-electron chi connectivity index (χ3n) is 4.00. The van der Waals surface area contributed by atoms with Crippen molar-refractivity contribution in [3.05, 3.63) is 34.2 Å². The number of hydrogen-bond acceptors (Lipinski definition) is 3. The number of pyridine rings is 1. The highest BCUT2D eigenvalue weighted by atomic mass is 16.2. The molecular weight excluding hydrogens is 242 g/mol. The second-order valence-corrected chi connectivity index (χ2v) is 5.44. The Balaban J connectivity index is 1.56. The van der Waals surface area contributed by atoms with E-state index in [2.05, 4.69) is 15.2 Å². The first kappa shape index (κ1) is 12.4. The van der Waals surface area contributed by atoms with Crippen LogP contribution in [0.3, 0.4) is 0 Å². The van der Waals surface area contributed by atoms with E-state index in [0.717, 1.165) is 32.0 Å². The fourth-order valence-electron chi connectivity index (χ4n) is 2.71. The Hall–Kier alpha value is -1.62. The Labute approximate surface area is 112 Å². The van der Waals surface area contributed by atoms with E-state index in [4.69, 9.17) is 0 Å². The Morgan fingerprint density at radius 3 is 2.63 bits per heavy atom. The average molecular weight is 261 g/mol. The molecule has 1 aromatic rings. The van der Waals surface area contributed by atoms with Gasteiger partial charge in [-0.3, -0.25) is 9.59 Å².